The number of carbonyl (C=O) groups excluding carboxylic acids is 1. The molecule has 0 aliphatic rings. The van der Waals surface area contributed by atoms with E-state index >= 15 is 0 Å². The molecule has 0 aliphatic carbocycles. The summed E-state index contributed by atoms with van der Waals surface area (Å²) in [6.07, 6.45) is 2.10. The summed E-state index contributed by atoms with van der Waals surface area (Å²) >= 11 is 10.9. The first-order chi connectivity index (χ1) is 19.1. The third kappa shape index (κ3) is 14.4. The number of hydrogen-bond donors (Lipinski definition) is 3. The van der Waals surface area contributed by atoms with Crippen LogP contribution in [0, 0.1) is 0 Å². The largest absolute Gasteiger partial charge is 0.530 e. The molecule has 0 aliphatic heterocycles. The van der Waals surface area contributed by atoms with Crippen LogP contribution in [-0.4, -0.2) is 51.8 Å². The Labute approximate surface area is 254 Å². The normalized spacial score (nSPS) is 12.3. The van der Waals surface area contributed by atoms with Gasteiger partial charge in [0.1, 0.15) is 18.1 Å². The first-order valence-corrected chi connectivity index (χ1v) is 22.6. The summed E-state index contributed by atoms with van der Waals surface area (Å²) in [6, 6.07) is 9.50. The molecule has 2 rings (SSSR count). The van der Waals surface area contributed by atoms with Gasteiger partial charge in [-0.15, -0.1) is 0 Å². The Hall–Kier alpha value is -2.33. The molecule has 0 saturated carbocycles. The van der Waals surface area contributed by atoms with E-state index in [1.54, 1.807) is 30.3 Å². The highest BCUT2D eigenvalue weighted by Crippen LogP contribution is 2.51. The van der Waals surface area contributed by atoms with Crippen molar-refractivity contribution in [1.82, 2.24) is 10.4 Å². The molecule has 11 nitrogen and oxygen atoms in total. The van der Waals surface area contributed by atoms with Crippen LogP contribution in [0.2, 0.25) is 56.4 Å². The Morgan fingerprint density at radius 2 is 1.76 bits per heavy atom. The van der Waals surface area contributed by atoms with E-state index in [4.69, 9.17) is 47.9 Å². The lowest BCUT2D eigenvalue weighted by Gasteiger charge is -2.23. The zero-order valence-electron chi connectivity index (χ0n) is 24.2. The lowest BCUT2D eigenvalue weighted by Crippen LogP contribution is -2.24. The van der Waals surface area contributed by atoms with Gasteiger partial charge in [-0.05, 0) is 54.6 Å². The van der Waals surface area contributed by atoms with Gasteiger partial charge in [-0.25, -0.2) is 9.36 Å². The van der Waals surface area contributed by atoms with Crippen molar-refractivity contribution >= 4 is 70.9 Å². The molecule has 0 atom stereocenters. The number of carbonyl (C=O) groups is 1. The van der Waals surface area contributed by atoms with Crippen molar-refractivity contribution in [3.63, 3.8) is 0 Å². The number of hydrazone groups is 1. The number of pyridine rings is 1. The maximum Gasteiger partial charge on any atom is 0.530 e. The molecule has 16 heteroatoms. The number of halogens is 1. The van der Waals surface area contributed by atoms with Crippen LogP contribution >= 0.6 is 31.6 Å². The molecular weight excluding hydrogens is 621 g/mol. The van der Waals surface area contributed by atoms with E-state index in [0.717, 1.165) is 12.1 Å². The van der Waals surface area contributed by atoms with Gasteiger partial charge in [-0.3, -0.25) is 24.8 Å². The van der Waals surface area contributed by atoms with Crippen molar-refractivity contribution in [2.24, 2.45) is 10.8 Å². The van der Waals surface area contributed by atoms with Crippen molar-refractivity contribution in [3.05, 3.63) is 52.8 Å². The van der Waals surface area contributed by atoms with E-state index in [1.165, 1.54) is 12.4 Å². The fourth-order valence-electron chi connectivity index (χ4n) is 2.96. The summed E-state index contributed by atoms with van der Waals surface area (Å²) in [7, 11) is -6.91. The number of nitrogens with two attached hydrogens (primary N) is 1. The first-order valence-electron chi connectivity index (χ1n) is 12.9. The summed E-state index contributed by atoms with van der Waals surface area (Å²) in [4.78, 5) is 16.8. The average molecular weight is 660 g/mol. The van der Waals surface area contributed by atoms with Crippen molar-refractivity contribution < 1.29 is 27.7 Å². The molecule has 0 fully saturated rings. The van der Waals surface area contributed by atoms with Crippen LogP contribution in [0.4, 0.5) is 10.5 Å². The molecule has 0 unspecified atom stereocenters. The van der Waals surface area contributed by atoms with Crippen molar-refractivity contribution in [2.75, 3.05) is 18.5 Å². The molecule has 1 amide bonds. The van der Waals surface area contributed by atoms with Crippen LogP contribution in [0.15, 0.2) is 41.6 Å². The van der Waals surface area contributed by atoms with Gasteiger partial charge in [-0.1, -0.05) is 50.9 Å². The van der Waals surface area contributed by atoms with Crippen LogP contribution in [0.1, 0.15) is 11.3 Å². The standard InChI is InChI=1S/C25H39ClN5O6PSSi2/c1-40(2,3)14-12-35-38(33,36-13-15-41(4,5)6)37-23-10-9-20(26)16-19(23)18-34-25(32)30-21-8-7-11-28-22(21)17-29-31-24(27)39/h7-11,16-17H,12-15,18H2,1-6H3,(H,30,32)(H3,27,31,39). The highest BCUT2D eigenvalue weighted by molar-refractivity contribution is 7.80. The average Bonchev–Trinajstić information content (AvgIpc) is 2.83. The number of thiocarbonyl (C=S) groups is 1. The van der Waals surface area contributed by atoms with Gasteiger partial charge in [0.25, 0.3) is 0 Å². The zero-order valence-corrected chi connectivity index (χ0v) is 28.7. The minimum Gasteiger partial charge on any atom is -0.444 e. The minimum atomic E-state index is -3.98. The lowest BCUT2D eigenvalue weighted by molar-refractivity contribution is 0.151. The Bertz CT molecular complexity index is 1250. The van der Waals surface area contributed by atoms with Gasteiger partial charge in [0.05, 0.1) is 25.1 Å². The zero-order chi connectivity index (χ0) is 30.7. The van der Waals surface area contributed by atoms with E-state index in [2.05, 4.69) is 60.1 Å². The van der Waals surface area contributed by atoms with Crippen LogP contribution in [0.5, 0.6) is 5.75 Å². The second kappa shape index (κ2) is 15.8. The molecule has 0 saturated heterocycles. The molecule has 41 heavy (non-hydrogen) atoms. The Morgan fingerprint density at radius 1 is 1.12 bits per heavy atom. The third-order valence-corrected chi connectivity index (χ3v) is 10.4. The van der Waals surface area contributed by atoms with Crippen LogP contribution in [-0.2, 0) is 25.0 Å². The number of benzene rings is 1. The van der Waals surface area contributed by atoms with Gasteiger partial charge < -0.3 is 15.0 Å². The van der Waals surface area contributed by atoms with Crippen molar-refractivity contribution in [2.45, 2.75) is 58.0 Å². The van der Waals surface area contributed by atoms with Crippen molar-refractivity contribution in [1.29, 1.82) is 0 Å². The maximum absolute atomic E-state index is 13.7. The number of nitrogens with one attached hydrogen (secondary N) is 2. The molecule has 1 aromatic heterocycles. The fourth-order valence-corrected chi connectivity index (χ4v) is 6.21. The number of anilines is 1. The SMILES string of the molecule is C[Si](C)(C)CCOP(=O)(OCC[Si](C)(C)C)Oc1ccc(Cl)cc1COC(=O)Nc1cccnc1C=NNC(N)=S. The van der Waals surface area contributed by atoms with Gasteiger partial charge >= 0.3 is 13.9 Å². The molecule has 0 radical (unpaired) electrons. The third-order valence-electron chi connectivity index (χ3n) is 5.23. The van der Waals surface area contributed by atoms with E-state index in [0.29, 0.717) is 22.0 Å². The molecule has 0 spiro atoms. The van der Waals surface area contributed by atoms with Gasteiger partial charge in [-0.2, -0.15) is 5.10 Å². The number of ether oxygens (including phenoxy) is 1. The van der Waals surface area contributed by atoms with Gasteiger partial charge in [0.2, 0.25) is 0 Å². The van der Waals surface area contributed by atoms with E-state index in [-0.39, 0.29) is 30.7 Å². The number of rotatable bonds is 15. The molecule has 1 aromatic carbocycles. The van der Waals surface area contributed by atoms with Crippen molar-refractivity contribution in [3.8, 4) is 5.75 Å². The van der Waals surface area contributed by atoms with E-state index in [9.17, 15) is 9.36 Å². The minimum absolute atomic E-state index is 0.0156. The molecule has 1 heterocycles. The predicted octanol–water partition coefficient (Wildman–Crippen LogP) is 6.85. The lowest BCUT2D eigenvalue weighted by atomic mass is 10.2. The fraction of sp³-hybridized carbons (Fsp3) is 0.440. The van der Waals surface area contributed by atoms with Gasteiger partial charge in [0.15, 0.2) is 5.11 Å². The number of nitrogens with zero attached hydrogens (tertiary/aromatic N) is 2. The summed E-state index contributed by atoms with van der Waals surface area (Å²) < 4.78 is 36.5. The number of aromatic nitrogens is 1. The molecular formula is C25H39ClN5O6PSSi2. The molecule has 4 N–H and O–H groups in total. The number of phosphoric acid groups is 1. The Morgan fingerprint density at radius 3 is 2.34 bits per heavy atom. The summed E-state index contributed by atoms with van der Waals surface area (Å²) in [6.45, 7) is 13.4. The predicted molar refractivity (Wildman–Crippen MR) is 173 cm³/mol. The smallest absolute Gasteiger partial charge is 0.444 e. The highest BCUT2D eigenvalue weighted by atomic mass is 35.5. The quantitative estimate of drug-likeness (QED) is 0.0610. The molecule has 226 valence electrons. The van der Waals surface area contributed by atoms with E-state index < -0.39 is 30.1 Å². The van der Waals surface area contributed by atoms with Gasteiger partial charge in [0, 0.05) is 32.9 Å². The maximum atomic E-state index is 13.7. The summed E-state index contributed by atoms with van der Waals surface area (Å²) in [5.74, 6) is 0.171. The number of phosphoric ester groups is 1. The number of hydrogen-bond acceptors (Lipinski definition) is 9. The Kier molecular flexibility index (Phi) is 13.4. The van der Waals surface area contributed by atoms with E-state index in [1.807, 2.05) is 0 Å². The van der Waals surface area contributed by atoms with Crippen LogP contribution in [0.25, 0.3) is 0 Å². The topological polar surface area (TPSA) is 146 Å². The Balaban J connectivity index is 2.16. The first kappa shape index (κ1) is 34.9. The molecule has 2 aromatic rings. The monoisotopic (exact) mass is 659 g/mol. The summed E-state index contributed by atoms with van der Waals surface area (Å²) in [5.41, 5.74) is 8.84. The summed E-state index contributed by atoms with van der Waals surface area (Å²) in [5, 5.41) is 6.82. The van der Waals surface area contributed by atoms with Crippen LogP contribution in [0.3, 0.4) is 0 Å². The molecule has 0 bridgehead atoms. The van der Waals surface area contributed by atoms with Crippen LogP contribution < -0.4 is 21.0 Å². The number of amides is 1. The highest BCUT2D eigenvalue weighted by Gasteiger charge is 2.31. The second-order valence-electron chi connectivity index (χ2n) is 11.4. The second-order valence-corrected chi connectivity index (χ2v) is 25.2.